The third-order valence-corrected chi connectivity index (χ3v) is 5.18. The summed E-state index contributed by atoms with van der Waals surface area (Å²) in [5.74, 6) is 0.813. The highest BCUT2D eigenvalue weighted by atomic mass is 35.5. The van der Waals surface area contributed by atoms with E-state index in [0.717, 1.165) is 19.3 Å². The Bertz CT molecular complexity index is 356. The first kappa shape index (κ1) is 16.6. The number of carbonyl (C=O) groups is 2. The number of fused-ring (bicyclic) bond motifs is 1. The summed E-state index contributed by atoms with van der Waals surface area (Å²) in [6.45, 7) is 3.36. The molecule has 3 N–H and O–H groups in total. The van der Waals surface area contributed by atoms with Gasteiger partial charge in [-0.25, -0.2) is 0 Å². The lowest BCUT2D eigenvalue weighted by Gasteiger charge is -2.29. The van der Waals surface area contributed by atoms with Crippen LogP contribution in [0.2, 0.25) is 0 Å². The molecule has 2 aliphatic rings. The molecule has 2 unspecified atom stereocenters. The second kappa shape index (κ2) is 6.81. The monoisotopic (exact) mass is 307 g/mol. The molecule has 2 heterocycles. The Morgan fingerprint density at radius 1 is 1.58 bits per heavy atom. The minimum atomic E-state index is -0.284. The van der Waals surface area contributed by atoms with E-state index in [4.69, 9.17) is 5.73 Å². The predicted octanol–water partition coefficient (Wildman–Crippen LogP) is 0.717. The summed E-state index contributed by atoms with van der Waals surface area (Å²) in [5.41, 5.74) is 5.40. The Labute approximate surface area is 124 Å². The minimum Gasteiger partial charge on any atom is -0.354 e. The SMILES string of the molecule is CC12CCC(=O)N1C(C(=O)NCCCCN)CS2.Cl. The van der Waals surface area contributed by atoms with Gasteiger partial charge < -0.3 is 16.0 Å². The molecule has 0 aliphatic carbocycles. The molecule has 110 valence electrons. The fraction of sp³-hybridized carbons (Fsp3) is 0.833. The average molecular weight is 308 g/mol. The number of carbonyl (C=O) groups excluding carboxylic acids is 2. The summed E-state index contributed by atoms with van der Waals surface area (Å²) in [4.78, 5) is 25.6. The maximum atomic E-state index is 12.1. The summed E-state index contributed by atoms with van der Waals surface area (Å²) < 4.78 is 0. The van der Waals surface area contributed by atoms with Crippen LogP contribution in [0.3, 0.4) is 0 Å². The molecule has 2 saturated heterocycles. The molecule has 0 aromatic heterocycles. The van der Waals surface area contributed by atoms with Gasteiger partial charge in [0.2, 0.25) is 11.8 Å². The van der Waals surface area contributed by atoms with E-state index < -0.39 is 0 Å². The topological polar surface area (TPSA) is 75.4 Å². The van der Waals surface area contributed by atoms with Crippen LogP contribution in [-0.4, -0.2) is 46.5 Å². The highest BCUT2D eigenvalue weighted by Gasteiger charge is 2.52. The number of halogens is 1. The van der Waals surface area contributed by atoms with Gasteiger partial charge in [-0.1, -0.05) is 0 Å². The van der Waals surface area contributed by atoms with Crippen LogP contribution in [-0.2, 0) is 9.59 Å². The third kappa shape index (κ3) is 3.35. The van der Waals surface area contributed by atoms with Gasteiger partial charge in [0.25, 0.3) is 0 Å². The van der Waals surface area contributed by atoms with Crippen LogP contribution in [0, 0.1) is 0 Å². The lowest BCUT2D eigenvalue weighted by Crippen LogP contribution is -2.50. The van der Waals surface area contributed by atoms with E-state index in [9.17, 15) is 9.59 Å². The average Bonchev–Trinajstić information content (AvgIpc) is 2.83. The summed E-state index contributed by atoms with van der Waals surface area (Å²) in [5, 5.41) is 2.91. The van der Waals surface area contributed by atoms with Gasteiger partial charge in [0.1, 0.15) is 6.04 Å². The van der Waals surface area contributed by atoms with Crippen molar-refractivity contribution >= 4 is 36.0 Å². The number of amides is 2. The molecular formula is C12H22ClN3O2S. The van der Waals surface area contributed by atoms with Crippen molar-refractivity contribution in [2.45, 2.75) is 43.5 Å². The smallest absolute Gasteiger partial charge is 0.243 e. The van der Waals surface area contributed by atoms with Gasteiger partial charge in [-0.3, -0.25) is 9.59 Å². The molecule has 2 atom stereocenters. The second-order valence-electron chi connectivity index (χ2n) is 5.05. The van der Waals surface area contributed by atoms with E-state index in [1.807, 2.05) is 0 Å². The first-order valence-electron chi connectivity index (χ1n) is 6.52. The fourth-order valence-corrected chi connectivity index (χ4v) is 4.05. The van der Waals surface area contributed by atoms with Crippen molar-refractivity contribution in [1.82, 2.24) is 10.2 Å². The van der Waals surface area contributed by atoms with Crippen molar-refractivity contribution in [2.24, 2.45) is 5.73 Å². The molecule has 2 aliphatic heterocycles. The largest absolute Gasteiger partial charge is 0.354 e. The molecule has 0 aromatic carbocycles. The summed E-state index contributed by atoms with van der Waals surface area (Å²) in [6.07, 6.45) is 3.24. The van der Waals surface area contributed by atoms with Crippen LogP contribution in [0.4, 0.5) is 0 Å². The van der Waals surface area contributed by atoms with Gasteiger partial charge in [-0.05, 0) is 32.7 Å². The molecule has 2 fully saturated rings. The van der Waals surface area contributed by atoms with E-state index in [2.05, 4.69) is 12.2 Å². The quantitative estimate of drug-likeness (QED) is 0.734. The highest BCUT2D eigenvalue weighted by Crippen LogP contribution is 2.47. The van der Waals surface area contributed by atoms with Crippen molar-refractivity contribution in [1.29, 1.82) is 0 Å². The van der Waals surface area contributed by atoms with Crippen molar-refractivity contribution in [2.75, 3.05) is 18.8 Å². The van der Waals surface area contributed by atoms with Gasteiger partial charge in [-0.2, -0.15) is 0 Å². The number of unbranched alkanes of at least 4 members (excludes halogenated alkanes) is 1. The van der Waals surface area contributed by atoms with Crippen molar-refractivity contribution in [3.63, 3.8) is 0 Å². The number of hydrogen-bond donors (Lipinski definition) is 2. The van der Waals surface area contributed by atoms with Crippen LogP contribution in [0.15, 0.2) is 0 Å². The summed E-state index contributed by atoms with van der Waals surface area (Å²) in [6, 6.07) is -0.284. The first-order chi connectivity index (χ1) is 8.58. The molecule has 0 saturated carbocycles. The molecule has 7 heteroatoms. The first-order valence-corrected chi connectivity index (χ1v) is 7.51. The van der Waals surface area contributed by atoms with Crippen molar-refractivity contribution in [3.05, 3.63) is 0 Å². The van der Waals surface area contributed by atoms with Gasteiger partial charge in [0.05, 0.1) is 4.87 Å². The molecule has 0 bridgehead atoms. The molecule has 0 spiro atoms. The Morgan fingerprint density at radius 3 is 3.00 bits per heavy atom. The number of hydrogen-bond acceptors (Lipinski definition) is 4. The molecule has 2 amide bonds. The van der Waals surface area contributed by atoms with Gasteiger partial charge >= 0.3 is 0 Å². The van der Waals surface area contributed by atoms with Crippen molar-refractivity contribution in [3.8, 4) is 0 Å². The Balaban J connectivity index is 0.00000180. The predicted molar refractivity (Wildman–Crippen MR) is 79.3 cm³/mol. The number of nitrogens with one attached hydrogen (secondary N) is 1. The van der Waals surface area contributed by atoms with Crippen LogP contribution in [0.25, 0.3) is 0 Å². The normalized spacial score (nSPS) is 29.1. The Hall–Kier alpha value is -0.460. The van der Waals surface area contributed by atoms with Crippen LogP contribution in [0.5, 0.6) is 0 Å². The second-order valence-corrected chi connectivity index (χ2v) is 6.55. The fourth-order valence-electron chi connectivity index (χ4n) is 2.61. The van der Waals surface area contributed by atoms with Crippen molar-refractivity contribution < 1.29 is 9.59 Å². The maximum absolute atomic E-state index is 12.1. The maximum Gasteiger partial charge on any atom is 0.243 e. The lowest BCUT2D eigenvalue weighted by atomic mass is 10.2. The molecule has 2 rings (SSSR count). The zero-order valence-electron chi connectivity index (χ0n) is 11.2. The van der Waals surface area contributed by atoms with Gasteiger partial charge in [0, 0.05) is 18.7 Å². The van der Waals surface area contributed by atoms with Gasteiger partial charge in [-0.15, -0.1) is 24.2 Å². The van der Waals surface area contributed by atoms with E-state index >= 15 is 0 Å². The Morgan fingerprint density at radius 2 is 2.32 bits per heavy atom. The van der Waals surface area contributed by atoms with Crippen LogP contribution < -0.4 is 11.1 Å². The number of rotatable bonds is 5. The van der Waals surface area contributed by atoms with Gasteiger partial charge in [0.15, 0.2) is 0 Å². The Kier molecular flexibility index (Phi) is 5.95. The highest BCUT2D eigenvalue weighted by molar-refractivity contribution is 8.01. The van der Waals surface area contributed by atoms with Crippen LogP contribution in [0.1, 0.15) is 32.6 Å². The minimum absolute atomic E-state index is 0. The number of nitrogens with two attached hydrogens (primary N) is 1. The van der Waals surface area contributed by atoms with E-state index in [-0.39, 0.29) is 35.1 Å². The van der Waals surface area contributed by atoms with E-state index in [1.54, 1.807) is 16.7 Å². The molecule has 0 aromatic rings. The zero-order chi connectivity index (χ0) is 13.2. The summed E-state index contributed by atoms with van der Waals surface area (Å²) in [7, 11) is 0. The zero-order valence-corrected chi connectivity index (χ0v) is 12.8. The standard InChI is InChI=1S/C12H21N3O2S.ClH/c1-12-5-4-10(16)15(12)9(8-18-12)11(17)14-7-3-2-6-13;/h9H,2-8,13H2,1H3,(H,14,17);1H. The third-order valence-electron chi connectivity index (χ3n) is 3.68. The molecule has 19 heavy (non-hydrogen) atoms. The number of thioether (sulfide) groups is 1. The molecular weight excluding hydrogens is 286 g/mol. The summed E-state index contributed by atoms with van der Waals surface area (Å²) >= 11 is 1.72. The molecule has 0 radical (unpaired) electrons. The molecule has 5 nitrogen and oxygen atoms in total. The van der Waals surface area contributed by atoms with E-state index in [0.29, 0.717) is 25.3 Å². The van der Waals surface area contributed by atoms with E-state index in [1.165, 1.54) is 0 Å². The lowest BCUT2D eigenvalue weighted by molar-refractivity contribution is -0.137. The van der Waals surface area contributed by atoms with Crippen LogP contribution >= 0.6 is 24.2 Å². The number of nitrogens with zero attached hydrogens (tertiary/aromatic N) is 1.